The number of anilines is 3. The van der Waals surface area contributed by atoms with Crippen LogP contribution in [0.15, 0.2) is 42.1 Å². The van der Waals surface area contributed by atoms with Crippen molar-refractivity contribution in [1.29, 1.82) is 0 Å². The maximum atomic E-state index is 13.0. The van der Waals surface area contributed by atoms with Gasteiger partial charge < -0.3 is 31.1 Å². The van der Waals surface area contributed by atoms with Crippen molar-refractivity contribution < 1.29 is 24.0 Å². The number of piperidine rings is 2. The Balaban J connectivity index is 1.01. The fraction of sp³-hybridized carbons (Fsp3) is 0.541. The predicted molar refractivity (Wildman–Crippen MR) is 192 cm³/mol. The largest absolute Gasteiger partial charge is 0.364 e. The first-order valence-corrected chi connectivity index (χ1v) is 18.3. The molecule has 1 aliphatic carbocycles. The number of primary amides is 1. The Labute approximate surface area is 298 Å². The summed E-state index contributed by atoms with van der Waals surface area (Å²) in [4.78, 5) is 76.4. The molecule has 1 aromatic heterocycles. The summed E-state index contributed by atoms with van der Waals surface area (Å²) in [5.41, 5.74) is 9.07. The number of nitrogens with zero attached hydrogens (tertiary/aromatic N) is 5. The zero-order chi connectivity index (χ0) is 35.9. The van der Waals surface area contributed by atoms with Gasteiger partial charge in [-0.3, -0.25) is 24.5 Å². The number of carbonyl (C=O) groups excluding carboxylic acids is 5. The second-order valence-electron chi connectivity index (χ2n) is 14.1. The number of aryl methyl sites for hydroxylation is 1. The van der Waals surface area contributed by atoms with Crippen molar-refractivity contribution in [2.24, 2.45) is 11.7 Å². The highest BCUT2D eigenvalue weighted by atomic mass is 16.2. The number of rotatable bonds is 10. The van der Waals surface area contributed by atoms with Gasteiger partial charge in [0.2, 0.25) is 17.7 Å². The number of imide groups is 1. The van der Waals surface area contributed by atoms with E-state index in [2.05, 4.69) is 44.0 Å². The first kappa shape index (κ1) is 35.8. The van der Waals surface area contributed by atoms with Crippen molar-refractivity contribution >= 4 is 47.0 Å². The van der Waals surface area contributed by atoms with Gasteiger partial charge >= 0.3 is 6.03 Å². The number of nitrogens with two attached hydrogens (primary N) is 1. The summed E-state index contributed by atoms with van der Waals surface area (Å²) in [6, 6.07) is 7.57. The molecule has 1 aromatic carbocycles. The lowest BCUT2D eigenvalue weighted by atomic mass is 9.94. The zero-order valence-corrected chi connectivity index (χ0v) is 29.4. The first-order chi connectivity index (χ1) is 24.6. The van der Waals surface area contributed by atoms with E-state index in [0.29, 0.717) is 24.6 Å². The number of allylic oxidation sites excluding steroid dienone is 2. The normalized spacial score (nSPS) is 24.2. The van der Waals surface area contributed by atoms with Crippen LogP contribution in [0, 0.1) is 5.92 Å². The Morgan fingerprint density at radius 3 is 2.51 bits per heavy atom. The third kappa shape index (κ3) is 9.02. The number of hydrogen-bond donors (Lipinski definition) is 4. The highest BCUT2D eigenvalue weighted by Gasteiger charge is 2.35. The quantitative estimate of drug-likeness (QED) is 0.213. The number of amides is 6. The van der Waals surface area contributed by atoms with Gasteiger partial charge in [-0.2, -0.15) is 0 Å². The summed E-state index contributed by atoms with van der Waals surface area (Å²) < 4.78 is 0. The third-order valence-electron chi connectivity index (χ3n) is 10.5. The van der Waals surface area contributed by atoms with Crippen LogP contribution in [0.1, 0.15) is 86.7 Å². The number of urea groups is 1. The number of hydrogen-bond acceptors (Lipinski definition) is 9. The van der Waals surface area contributed by atoms with Crippen molar-refractivity contribution in [1.82, 2.24) is 30.4 Å². The molecule has 0 spiro atoms. The van der Waals surface area contributed by atoms with Crippen LogP contribution in [0.25, 0.3) is 0 Å². The molecule has 0 bridgehead atoms. The number of carbonyl (C=O) groups is 5. The van der Waals surface area contributed by atoms with E-state index >= 15 is 0 Å². The standard InChI is InChI=1S/C37H49N9O5/c1-44-20-21-46(37(44)51)28-10-5-19-45(23-28)30-22-39-32(33(38)48)34(42-30)40-27-15-13-25(14-16-27)12-11-24-6-2-3-8-26(9-4-7-24)35(49)41-29-17-18-31(47)43-36(29)50/h6,13-16,22,26,28-29H,2-5,7-12,17-21,23H2,1H3,(H2,38,48)(H,40,42)(H,41,49)(H,43,47,50)/b24-6+. The lowest BCUT2D eigenvalue weighted by molar-refractivity contribution is -0.138. The minimum Gasteiger partial charge on any atom is -0.364 e. The van der Waals surface area contributed by atoms with E-state index in [9.17, 15) is 24.0 Å². The van der Waals surface area contributed by atoms with Crippen LogP contribution in [-0.4, -0.2) is 94.7 Å². The summed E-state index contributed by atoms with van der Waals surface area (Å²) in [5, 5.41) is 8.44. The molecule has 6 rings (SSSR count). The Morgan fingerprint density at radius 2 is 1.76 bits per heavy atom. The average Bonchev–Trinajstić information content (AvgIpc) is 3.51. The molecule has 3 saturated heterocycles. The highest BCUT2D eigenvalue weighted by Crippen LogP contribution is 2.28. The lowest BCUT2D eigenvalue weighted by Crippen LogP contribution is -2.53. The Bertz CT molecular complexity index is 1660. The minimum absolute atomic E-state index is 0.0593. The molecular weight excluding hydrogens is 650 g/mol. The molecule has 6 amide bonds. The van der Waals surface area contributed by atoms with Crippen LogP contribution in [0.5, 0.6) is 0 Å². The Hall–Kier alpha value is -5.01. The van der Waals surface area contributed by atoms with Crippen molar-refractivity contribution in [3.05, 3.63) is 53.4 Å². The molecule has 3 aliphatic heterocycles. The van der Waals surface area contributed by atoms with Gasteiger partial charge in [0, 0.05) is 51.3 Å². The number of nitrogens with one attached hydrogen (secondary N) is 3. The van der Waals surface area contributed by atoms with E-state index < -0.39 is 17.9 Å². The fourth-order valence-electron chi connectivity index (χ4n) is 7.52. The second-order valence-corrected chi connectivity index (χ2v) is 14.1. The van der Waals surface area contributed by atoms with E-state index in [1.165, 1.54) is 11.1 Å². The van der Waals surface area contributed by atoms with Crippen molar-refractivity contribution in [3.63, 3.8) is 0 Å². The molecule has 3 unspecified atom stereocenters. The molecule has 51 heavy (non-hydrogen) atoms. The smallest absolute Gasteiger partial charge is 0.320 e. The van der Waals surface area contributed by atoms with Crippen molar-refractivity contribution in [2.45, 2.75) is 89.1 Å². The van der Waals surface area contributed by atoms with Crippen LogP contribution in [0.3, 0.4) is 0 Å². The highest BCUT2D eigenvalue weighted by molar-refractivity contribution is 6.01. The van der Waals surface area contributed by atoms with E-state index in [0.717, 1.165) is 89.5 Å². The predicted octanol–water partition coefficient (Wildman–Crippen LogP) is 3.41. The minimum atomic E-state index is -0.667. The van der Waals surface area contributed by atoms with Gasteiger partial charge in [0.05, 0.1) is 12.2 Å². The molecule has 0 radical (unpaired) electrons. The number of benzene rings is 1. The average molecular weight is 700 g/mol. The van der Waals surface area contributed by atoms with Gasteiger partial charge in [0.15, 0.2) is 11.5 Å². The zero-order valence-electron chi connectivity index (χ0n) is 29.4. The summed E-state index contributed by atoms with van der Waals surface area (Å²) in [6.45, 7) is 2.88. The molecule has 5 N–H and O–H groups in total. The molecule has 2 aromatic rings. The van der Waals surface area contributed by atoms with Gasteiger partial charge in [-0.1, -0.05) is 23.8 Å². The number of likely N-dealkylation sites (N-methyl/N-ethyl adjacent to an activating group) is 1. The lowest BCUT2D eigenvalue weighted by Gasteiger charge is -2.37. The molecule has 0 saturated carbocycles. The van der Waals surface area contributed by atoms with Crippen molar-refractivity contribution in [3.8, 4) is 0 Å². The molecule has 14 heteroatoms. The molecule has 3 atom stereocenters. The number of aromatic nitrogens is 2. The summed E-state index contributed by atoms with van der Waals surface area (Å²) >= 11 is 0. The van der Waals surface area contributed by atoms with Crippen LogP contribution in [0.2, 0.25) is 0 Å². The van der Waals surface area contributed by atoms with Gasteiger partial charge in [-0.05, 0) is 88.3 Å². The van der Waals surface area contributed by atoms with Crippen LogP contribution in [0.4, 0.5) is 22.1 Å². The van der Waals surface area contributed by atoms with Crippen LogP contribution >= 0.6 is 0 Å². The SMILES string of the molecule is CN1CCN(C2CCCN(c3cnc(C(N)=O)c(Nc4ccc(CC/C5=C/CCCC(C(=O)NC6CCC(=O)NC6=O)CCC5)cc4)n3)C2)C1=O. The van der Waals surface area contributed by atoms with Crippen LogP contribution in [-0.2, 0) is 20.8 Å². The molecular formula is C37H49N9O5. The second kappa shape index (κ2) is 16.3. The van der Waals surface area contributed by atoms with E-state index in [1.807, 2.05) is 24.1 Å². The van der Waals surface area contributed by atoms with Gasteiger partial charge in [-0.15, -0.1) is 0 Å². The summed E-state index contributed by atoms with van der Waals surface area (Å²) in [5.74, 6) is -0.668. The summed E-state index contributed by atoms with van der Waals surface area (Å²) in [7, 11) is 1.83. The topological polar surface area (TPSA) is 183 Å². The molecule has 4 heterocycles. The third-order valence-corrected chi connectivity index (χ3v) is 10.5. The molecule has 14 nitrogen and oxygen atoms in total. The maximum absolute atomic E-state index is 13.0. The Kier molecular flexibility index (Phi) is 11.5. The monoisotopic (exact) mass is 699 g/mol. The van der Waals surface area contributed by atoms with Crippen LogP contribution < -0.4 is 26.6 Å². The maximum Gasteiger partial charge on any atom is 0.320 e. The fourth-order valence-corrected chi connectivity index (χ4v) is 7.52. The summed E-state index contributed by atoms with van der Waals surface area (Å²) in [6.07, 6.45) is 13.3. The molecule has 3 fully saturated rings. The van der Waals surface area contributed by atoms with Gasteiger partial charge in [-0.25, -0.2) is 14.8 Å². The molecule has 272 valence electrons. The van der Waals surface area contributed by atoms with E-state index in [1.54, 1.807) is 11.1 Å². The van der Waals surface area contributed by atoms with E-state index in [4.69, 9.17) is 10.7 Å². The first-order valence-electron chi connectivity index (χ1n) is 18.3. The van der Waals surface area contributed by atoms with Gasteiger partial charge in [0.25, 0.3) is 5.91 Å². The molecule has 4 aliphatic rings. The Morgan fingerprint density at radius 1 is 0.961 bits per heavy atom. The van der Waals surface area contributed by atoms with Crippen molar-refractivity contribution in [2.75, 3.05) is 43.4 Å². The van der Waals surface area contributed by atoms with E-state index in [-0.39, 0.29) is 41.9 Å². The van der Waals surface area contributed by atoms with Gasteiger partial charge in [0.1, 0.15) is 11.9 Å².